The summed E-state index contributed by atoms with van der Waals surface area (Å²) in [6, 6.07) is 3.10. The van der Waals surface area contributed by atoms with Crippen molar-refractivity contribution in [2.75, 3.05) is 11.5 Å². The zero-order valence-corrected chi connectivity index (χ0v) is 38.9. The van der Waals surface area contributed by atoms with Crippen LogP contribution in [0.4, 0.5) is 11.4 Å². The Bertz CT molecular complexity index is 2090. The van der Waals surface area contributed by atoms with E-state index in [1.165, 1.54) is 0 Å². The lowest BCUT2D eigenvalue weighted by atomic mass is 9.70. The van der Waals surface area contributed by atoms with Crippen LogP contribution in [0.3, 0.4) is 0 Å². The monoisotopic (exact) mass is 906 g/mol. The topological polar surface area (TPSA) is 93.9 Å². The van der Waals surface area contributed by atoms with E-state index in [1.54, 1.807) is 0 Å². The third-order valence-electron chi connectivity index (χ3n) is 10.8. The predicted molar refractivity (Wildman–Crippen MR) is 249 cm³/mol. The fourth-order valence-electron chi connectivity index (χ4n) is 7.64. The molecule has 0 aliphatic heterocycles. The first-order chi connectivity index (χ1) is 27.2. The third kappa shape index (κ3) is 12.4. The number of hydrogen-bond acceptors (Lipinski definition) is 4. The molecule has 2 aromatic rings. The molecule has 2 aliphatic carbocycles. The number of carbonyl (C=O) groups is 2. The van der Waals surface area contributed by atoms with Gasteiger partial charge in [-0.05, 0) is 108 Å². The maximum absolute atomic E-state index is 13.5. The Hall–Kier alpha value is -4.66. The quantitative estimate of drug-likeness (QED) is 0.164. The van der Waals surface area contributed by atoms with Gasteiger partial charge in [-0.2, -0.15) is 9.13 Å². The number of nitrogen functional groups attached to an aromatic ring is 2. The Morgan fingerprint density at radius 1 is 0.586 bits per heavy atom. The summed E-state index contributed by atoms with van der Waals surface area (Å²) in [5.74, 6) is 0.249. The van der Waals surface area contributed by atoms with Crippen molar-refractivity contribution in [3.63, 3.8) is 0 Å². The highest BCUT2D eigenvalue weighted by atomic mass is 79.9. The average molecular weight is 909 g/mol. The van der Waals surface area contributed by atoms with Crippen LogP contribution in [0.25, 0.3) is 0 Å². The molecule has 2 atom stereocenters. The van der Waals surface area contributed by atoms with E-state index < -0.39 is 0 Å². The highest BCUT2D eigenvalue weighted by Crippen LogP contribution is 2.44. The van der Waals surface area contributed by atoms with E-state index in [9.17, 15) is 9.59 Å². The summed E-state index contributed by atoms with van der Waals surface area (Å²) in [6.07, 6.45) is 38.0. The van der Waals surface area contributed by atoms with E-state index in [2.05, 4.69) is 160 Å². The van der Waals surface area contributed by atoms with Crippen molar-refractivity contribution >= 4 is 54.8 Å². The second-order valence-electron chi connectivity index (χ2n) is 16.9. The van der Waals surface area contributed by atoms with Gasteiger partial charge in [-0.25, -0.2) is 0 Å². The van der Waals surface area contributed by atoms with Crippen LogP contribution < -0.4 is 20.6 Å². The molecule has 0 saturated heterocycles. The summed E-state index contributed by atoms with van der Waals surface area (Å²) in [5.41, 5.74) is 21.2. The third-order valence-corrected chi connectivity index (χ3v) is 11.6. The predicted octanol–water partition coefficient (Wildman–Crippen LogP) is 11.9. The molecule has 4 rings (SSSR count). The summed E-state index contributed by atoms with van der Waals surface area (Å²) in [6.45, 7) is 20.9. The van der Waals surface area contributed by atoms with Crippen molar-refractivity contribution in [2.24, 2.45) is 10.8 Å². The van der Waals surface area contributed by atoms with E-state index in [0.29, 0.717) is 24.2 Å². The highest BCUT2D eigenvalue weighted by Gasteiger charge is 2.44. The van der Waals surface area contributed by atoms with E-state index in [0.717, 1.165) is 53.5 Å². The number of halogens is 2. The number of nitrogens with zero attached hydrogens (tertiary/aromatic N) is 2. The molecule has 6 nitrogen and oxygen atoms in total. The lowest BCUT2D eigenvalue weighted by Crippen LogP contribution is -2.49. The maximum atomic E-state index is 13.5. The van der Waals surface area contributed by atoms with Gasteiger partial charge >= 0.3 is 0 Å². The molecule has 2 unspecified atom stereocenters. The van der Waals surface area contributed by atoms with Gasteiger partial charge in [0.15, 0.2) is 24.8 Å². The number of pyridine rings is 2. The van der Waals surface area contributed by atoms with Crippen molar-refractivity contribution in [3.05, 3.63) is 176 Å². The lowest BCUT2D eigenvalue weighted by Gasteiger charge is -2.34. The second kappa shape index (κ2) is 19.9. The number of Topliss-reactive ketones (excluding diaryl/α,β-unsaturated/α-hetero) is 2. The minimum atomic E-state index is -0.289. The van der Waals surface area contributed by atoms with E-state index in [-0.39, 0.29) is 34.5 Å². The minimum Gasteiger partial charge on any atom is -0.394 e. The van der Waals surface area contributed by atoms with Crippen LogP contribution in [0.5, 0.6) is 0 Å². The van der Waals surface area contributed by atoms with Crippen molar-refractivity contribution in [2.45, 2.75) is 94.2 Å². The summed E-state index contributed by atoms with van der Waals surface area (Å²) in [7, 11) is 0. The van der Waals surface area contributed by atoms with Crippen LogP contribution in [0.15, 0.2) is 176 Å². The maximum Gasteiger partial charge on any atom is 0.226 e. The molecule has 2 aromatic heterocycles. The Morgan fingerprint density at radius 2 is 0.914 bits per heavy atom. The first-order valence-electron chi connectivity index (χ1n) is 19.7. The molecule has 4 N–H and O–H groups in total. The summed E-state index contributed by atoms with van der Waals surface area (Å²) in [4.78, 5) is 26.9. The van der Waals surface area contributed by atoms with Gasteiger partial charge in [0.05, 0.1) is 20.3 Å². The lowest BCUT2D eigenvalue weighted by molar-refractivity contribution is -0.711. The van der Waals surface area contributed by atoms with Crippen LogP contribution in [0.1, 0.15) is 94.2 Å². The first kappa shape index (κ1) is 46.0. The van der Waals surface area contributed by atoms with E-state index in [1.807, 2.05) is 72.1 Å². The van der Waals surface area contributed by atoms with Crippen LogP contribution in [0, 0.1) is 10.8 Å². The molecule has 0 bridgehead atoms. The number of nitrogens with two attached hydrogens (primary N) is 2. The standard InChI is InChI=1S/C50H60Br2N4O2/c1-33(17-13-19-35(3)21-23-43-37(5)47(57)45(27-49(43,7)8)55-29-39(51)25-41(53)31-55)15-11-12-16-34(2)18-14-20-36(4)22-24-44-38(6)48(58)46(28-50(44,9)10)56-30-40(52)26-42(54)32-56/h11-26,29-32,45-46H,27-28,53-54H2,1-10H3/q+2/b12-11+,17-13+,18-14+,23-21+,24-22+,33-15+,34-16+,35-19+,36-20+. The SMILES string of the molecule is CC1=C(/C=C/C(C)=C/C=C/C(C)=C/C=C/C=C(C)/C=C/C=C(C)/C=C/C2=C(C)C(=O)C([n+]3cc(N)cc(Br)c3)CC2(C)C)C(C)(C)CC([n+]2cc(N)cc(Br)c2)C1=O. The fraction of sp³-hybridized carbons (Fsp3) is 0.320. The average Bonchev–Trinajstić information content (AvgIpc) is 3.12. The largest absolute Gasteiger partial charge is 0.394 e. The summed E-state index contributed by atoms with van der Waals surface area (Å²) < 4.78 is 5.58. The number of allylic oxidation sites excluding steroid dienone is 22. The van der Waals surface area contributed by atoms with E-state index in [4.69, 9.17) is 11.5 Å². The van der Waals surface area contributed by atoms with Gasteiger partial charge in [-0.3, -0.25) is 9.59 Å². The van der Waals surface area contributed by atoms with Gasteiger partial charge in [0.2, 0.25) is 23.7 Å². The number of anilines is 2. The Labute approximate surface area is 363 Å². The van der Waals surface area contributed by atoms with Crippen LogP contribution in [0.2, 0.25) is 0 Å². The Kier molecular flexibility index (Phi) is 15.8. The molecular weight excluding hydrogens is 848 g/mol. The highest BCUT2D eigenvalue weighted by molar-refractivity contribution is 9.10. The Morgan fingerprint density at radius 3 is 1.26 bits per heavy atom. The fourth-order valence-corrected chi connectivity index (χ4v) is 8.64. The molecule has 0 fully saturated rings. The van der Waals surface area contributed by atoms with Gasteiger partial charge in [0.25, 0.3) is 0 Å². The number of rotatable bonds is 12. The molecule has 0 spiro atoms. The molecule has 0 amide bonds. The first-order valence-corrected chi connectivity index (χ1v) is 21.3. The van der Waals surface area contributed by atoms with Crippen LogP contribution >= 0.6 is 31.9 Å². The number of aromatic nitrogens is 2. The number of hydrogen-bond donors (Lipinski definition) is 2. The van der Waals surface area contributed by atoms with Gasteiger partial charge in [0.1, 0.15) is 0 Å². The molecule has 304 valence electrons. The molecule has 0 saturated carbocycles. The molecule has 8 heteroatoms. The molecule has 2 aliphatic rings. The zero-order valence-electron chi connectivity index (χ0n) is 35.7. The van der Waals surface area contributed by atoms with Crippen molar-refractivity contribution in [1.82, 2.24) is 0 Å². The summed E-state index contributed by atoms with van der Waals surface area (Å²) >= 11 is 7.02. The van der Waals surface area contributed by atoms with Crippen molar-refractivity contribution in [1.29, 1.82) is 0 Å². The van der Waals surface area contributed by atoms with Crippen LogP contribution in [-0.4, -0.2) is 11.6 Å². The van der Waals surface area contributed by atoms with Gasteiger partial charge < -0.3 is 11.5 Å². The smallest absolute Gasteiger partial charge is 0.226 e. The number of carbonyl (C=O) groups excluding carboxylic acids is 2. The molecular formula is C50H60Br2N4O2+2. The van der Waals surface area contributed by atoms with Gasteiger partial charge in [-0.1, -0.05) is 135 Å². The van der Waals surface area contributed by atoms with E-state index >= 15 is 0 Å². The second-order valence-corrected chi connectivity index (χ2v) is 18.7. The normalized spacial score (nSPS) is 21.4. The molecule has 2 heterocycles. The van der Waals surface area contributed by atoms with Gasteiger partial charge in [-0.15, -0.1) is 0 Å². The zero-order chi connectivity index (χ0) is 42.9. The van der Waals surface area contributed by atoms with Gasteiger partial charge in [0, 0.05) is 24.0 Å². The molecule has 0 radical (unpaired) electrons. The summed E-state index contributed by atoms with van der Waals surface area (Å²) in [5, 5.41) is 0. The van der Waals surface area contributed by atoms with Crippen LogP contribution in [-0.2, 0) is 9.59 Å². The van der Waals surface area contributed by atoms with Crippen molar-refractivity contribution < 1.29 is 18.7 Å². The molecule has 58 heavy (non-hydrogen) atoms. The minimum absolute atomic E-state index is 0.124. The number of ketones is 2. The molecule has 0 aromatic carbocycles. The Balaban J connectivity index is 1.32. The van der Waals surface area contributed by atoms with Crippen molar-refractivity contribution in [3.8, 4) is 0 Å².